The van der Waals surface area contributed by atoms with E-state index >= 15 is 0 Å². The quantitative estimate of drug-likeness (QED) is 0.578. The molecule has 0 aromatic rings. The molecule has 80 valence electrons. The Morgan fingerprint density at radius 1 is 0.929 bits per heavy atom. The molecular formula is C13H25B. The first kappa shape index (κ1) is 12.1. The molecule has 0 bridgehead atoms. The van der Waals surface area contributed by atoms with Gasteiger partial charge < -0.3 is 0 Å². The Labute approximate surface area is 91.3 Å². The highest BCUT2D eigenvalue weighted by Crippen LogP contribution is 2.75. The maximum Gasteiger partial charge on any atom is 0.0750 e. The van der Waals surface area contributed by atoms with Crippen molar-refractivity contribution in [3.63, 3.8) is 0 Å². The van der Waals surface area contributed by atoms with Crippen LogP contribution in [0.2, 0.25) is 5.31 Å². The number of rotatable bonds is 2. The van der Waals surface area contributed by atoms with Gasteiger partial charge >= 0.3 is 0 Å². The zero-order valence-electron chi connectivity index (χ0n) is 10.9. The molecule has 3 atom stereocenters. The molecule has 0 aromatic carbocycles. The van der Waals surface area contributed by atoms with Crippen LogP contribution in [0.1, 0.15) is 54.9 Å². The molecule has 0 aromatic heterocycles. The van der Waals surface area contributed by atoms with Crippen LogP contribution in [-0.2, 0) is 0 Å². The lowest BCUT2D eigenvalue weighted by Gasteiger charge is -2.72. The van der Waals surface area contributed by atoms with Crippen LogP contribution in [-0.4, -0.2) is 7.85 Å². The van der Waals surface area contributed by atoms with E-state index in [2.05, 4.69) is 48.5 Å². The number of hydrogen-bond acceptors (Lipinski definition) is 0. The lowest BCUT2D eigenvalue weighted by atomic mass is 9.27. The summed E-state index contributed by atoms with van der Waals surface area (Å²) < 4.78 is 0. The SMILES string of the molecule is [B]C1(C)CC(C)(C(C)C)C1(C)C(C)C. The lowest BCUT2D eigenvalue weighted by Crippen LogP contribution is -2.62. The van der Waals surface area contributed by atoms with Gasteiger partial charge in [-0.25, -0.2) is 0 Å². The third-order valence-electron chi connectivity index (χ3n) is 5.54. The molecule has 3 unspecified atom stereocenters. The van der Waals surface area contributed by atoms with Gasteiger partial charge in [-0.1, -0.05) is 53.8 Å². The van der Waals surface area contributed by atoms with E-state index in [0.717, 1.165) is 6.42 Å². The van der Waals surface area contributed by atoms with Gasteiger partial charge in [-0.2, -0.15) is 0 Å². The second kappa shape index (κ2) is 3.03. The molecule has 0 amide bonds. The highest BCUT2D eigenvalue weighted by Gasteiger charge is 2.65. The Hall–Kier alpha value is 0.0649. The molecule has 2 radical (unpaired) electrons. The van der Waals surface area contributed by atoms with Crippen molar-refractivity contribution in [3.05, 3.63) is 0 Å². The van der Waals surface area contributed by atoms with E-state index in [0.29, 0.717) is 17.3 Å². The largest absolute Gasteiger partial charge is 0.0750 e. The van der Waals surface area contributed by atoms with Crippen molar-refractivity contribution >= 4 is 7.85 Å². The average molecular weight is 192 g/mol. The first-order valence-electron chi connectivity index (χ1n) is 5.88. The van der Waals surface area contributed by atoms with Crippen molar-refractivity contribution in [2.24, 2.45) is 22.7 Å². The van der Waals surface area contributed by atoms with E-state index < -0.39 is 0 Å². The molecule has 1 fully saturated rings. The van der Waals surface area contributed by atoms with Gasteiger partial charge in [-0.15, -0.1) is 0 Å². The summed E-state index contributed by atoms with van der Waals surface area (Å²) in [4.78, 5) is 0. The molecule has 0 aliphatic heterocycles. The van der Waals surface area contributed by atoms with Gasteiger partial charge in [0, 0.05) is 0 Å². The highest BCUT2D eigenvalue weighted by atomic mass is 14.7. The molecule has 1 saturated carbocycles. The fourth-order valence-electron chi connectivity index (χ4n) is 3.80. The molecule has 0 saturated heterocycles. The molecule has 0 N–H and O–H groups in total. The Balaban J connectivity index is 3.08. The molecule has 14 heavy (non-hydrogen) atoms. The first-order chi connectivity index (χ1) is 6.09. The topological polar surface area (TPSA) is 0 Å². The van der Waals surface area contributed by atoms with Gasteiger partial charge in [0.05, 0.1) is 7.85 Å². The zero-order chi connectivity index (χ0) is 11.4. The van der Waals surface area contributed by atoms with Crippen molar-refractivity contribution in [1.82, 2.24) is 0 Å². The van der Waals surface area contributed by atoms with Gasteiger partial charge in [0.25, 0.3) is 0 Å². The Kier molecular flexibility index (Phi) is 2.62. The van der Waals surface area contributed by atoms with E-state index in [9.17, 15) is 0 Å². The molecule has 0 nitrogen and oxygen atoms in total. The summed E-state index contributed by atoms with van der Waals surface area (Å²) in [6, 6.07) is 0. The third kappa shape index (κ3) is 1.14. The summed E-state index contributed by atoms with van der Waals surface area (Å²) in [6.45, 7) is 16.3. The molecule has 1 aliphatic rings. The fraction of sp³-hybridized carbons (Fsp3) is 1.00. The van der Waals surface area contributed by atoms with Crippen LogP contribution < -0.4 is 0 Å². The van der Waals surface area contributed by atoms with Gasteiger partial charge in [0.15, 0.2) is 0 Å². The Morgan fingerprint density at radius 2 is 1.36 bits per heavy atom. The minimum Gasteiger partial charge on any atom is -0.0671 e. The average Bonchev–Trinajstić information content (AvgIpc) is 2.00. The monoisotopic (exact) mass is 192 g/mol. The second-order valence-corrected chi connectivity index (χ2v) is 6.52. The fourth-order valence-corrected chi connectivity index (χ4v) is 3.80. The van der Waals surface area contributed by atoms with Crippen LogP contribution >= 0.6 is 0 Å². The minimum absolute atomic E-state index is 0.0141. The Bertz CT molecular complexity index is 229. The van der Waals surface area contributed by atoms with Gasteiger partial charge in [0.1, 0.15) is 0 Å². The normalized spacial score (nSPS) is 48.4. The smallest absolute Gasteiger partial charge is 0.0671 e. The molecule has 1 rings (SSSR count). The maximum absolute atomic E-state index is 6.41. The molecular weight excluding hydrogens is 167 g/mol. The van der Waals surface area contributed by atoms with E-state index in [1.807, 2.05) is 0 Å². The summed E-state index contributed by atoms with van der Waals surface area (Å²) in [6.07, 6.45) is 1.16. The molecule has 0 spiro atoms. The van der Waals surface area contributed by atoms with Gasteiger partial charge in [-0.3, -0.25) is 0 Å². The van der Waals surface area contributed by atoms with Crippen molar-refractivity contribution in [2.75, 3.05) is 0 Å². The summed E-state index contributed by atoms with van der Waals surface area (Å²) in [5.41, 5.74) is 0.679. The van der Waals surface area contributed by atoms with E-state index in [1.165, 1.54) is 0 Å². The Morgan fingerprint density at radius 3 is 1.50 bits per heavy atom. The van der Waals surface area contributed by atoms with Crippen LogP contribution in [0.4, 0.5) is 0 Å². The van der Waals surface area contributed by atoms with E-state index in [1.54, 1.807) is 0 Å². The summed E-state index contributed by atoms with van der Waals surface area (Å²) >= 11 is 0. The van der Waals surface area contributed by atoms with Crippen molar-refractivity contribution < 1.29 is 0 Å². The predicted octanol–water partition coefficient (Wildman–Crippen LogP) is 4.06. The highest BCUT2D eigenvalue weighted by molar-refractivity contribution is 6.16. The van der Waals surface area contributed by atoms with Crippen LogP contribution in [0.3, 0.4) is 0 Å². The minimum atomic E-state index is 0.0141. The van der Waals surface area contributed by atoms with Crippen molar-refractivity contribution in [1.29, 1.82) is 0 Å². The first-order valence-corrected chi connectivity index (χ1v) is 5.88. The predicted molar refractivity (Wildman–Crippen MR) is 64.6 cm³/mol. The zero-order valence-corrected chi connectivity index (χ0v) is 10.9. The van der Waals surface area contributed by atoms with Crippen LogP contribution in [0, 0.1) is 22.7 Å². The van der Waals surface area contributed by atoms with Crippen molar-refractivity contribution in [2.45, 2.75) is 60.2 Å². The molecule has 1 aliphatic carbocycles. The van der Waals surface area contributed by atoms with E-state index in [4.69, 9.17) is 7.85 Å². The van der Waals surface area contributed by atoms with Crippen LogP contribution in [0.25, 0.3) is 0 Å². The van der Waals surface area contributed by atoms with Crippen LogP contribution in [0.5, 0.6) is 0 Å². The van der Waals surface area contributed by atoms with Gasteiger partial charge in [-0.05, 0) is 29.1 Å². The van der Waals surface area contributed by atoms with E-state index in [-0.39, 0.29) is 10.7 Å². The molecule has 0 heterocycles. The van der Waals surface area contributed by atoms with Crippen LogP contribution in [0.15, 0.2) is 0 Å². The third-order valence-corrected chi connectivity index (χ3v) is 5.54. The summed E-state index contributed by atoms with van der Waals surface area (Å²) in [5.74, 6) is 1.37. The van der Waals surface area contributed by atoms with Gasteiger partial charge in [0.2, 0.25) is 0 Å². The summed E-state index contributed by atoms with van der Waals surface area (Å²) in [5, 5.41) is 0.0141. The van der Waals surface area contributed by atoms with Crippen molar-refractivity contribution in [3.8, 4) is 0 Å². The maximum atomic E-state index is 6.41. The molecule has 1 heteroatoms. The second-order valence-electron chi connectivity index (χ2n) is 6.52. The number of hydrogen-bond donors (Lipinski definition) is 0. The summed E-state index contributed by atoms with van der Waals surface area (Å²) in [7, 11) is 6.41. The lowest BCUT2D eigenvalue weighted by molar-refractivity contribution is -0.160. The standard InChI is InChI=1S/C13H25B/c1-9(2)11(5)8-12(6,14)13(11,7)10(3)4/h9-10H,8H2,1-7H3.